The van der Waals surface area contributed by atoms with Gasteiger partial charge in [-0.25, -0.2) is 0 Å². The molecule has 3 saturated heterocycles. The molecule has 0 spiro atoms. The molecule has 3 rings (SSSR count). The standard InChI is InChI=1S/C14H27N3O/c1-14(2)13-10-15-9-12(13)11-17(14)4-3-16-5-7-18-8-6-16/h12-13,15H,3-11H2,1-2H3. The highest BCUT2D eigenvalue weighted by Crippen LogP contribution is 2.40. The van der Waals surface area contributed by atoms with Crippen LogP contribution in [0.2, 0.25) is 0 Å². The topological polar surface area (TPSA) is 27.7 Å². The van der Waals surface area contributed by atoms with Gasteiger partial charge in [0.25, 0.3) is 0 Å². The Balaban J connectivity index is 1.53. The summed E-state index contributed by atoms with van der Waals surface area (Å²) in [6.07, 6.45) is 0. The van der Waals surface area contributed by atoms with Crippen LogP contribution in [0.1, 0.15) is 13.8 Å². The van der Waals surface area contributed by atoms with Gasteiger partial charge in [-0.3, -0.25) is 9.80 Å². The van der Waals surface area contributed by atoms with Crippen molar-refractivity contribution >= 4 is 0 Å². The van der Waals surface area contributed by atoms with E-state index in [1.54, 1.807) is 0 Å². The number of nitrogens with zero attached hydrogens (tertiary/aromatic N) is 2. The number of hydrogen-bond donors (Lipinski definition) is 1. The lowest BCUT2D eigenvalue weighted by Crippen LogP contribution is -2.48. The van der Waals surface area contributed by atoms with Gasteiger partial charge in [-0.05, 0) is 32.2 Å². The first-order chi connectivity index (χ1) is 8.68. The van der Waals surface area contributed by atoms with E-state index in [1.165, 1.54) is 32.7 Å². The first-order valence-electron chi connectivity index (χ1n) is 7.44. The van der Waals surface area contributed by atoms with Crippen molar-refractivity contribution in [2.75, 3.05) is 59.0 Å². The SMILES string of the molecule is CC1(C)C2CNCC2CN1CCN1CCOCC1. The molecular weight excluding hydrogens is 226 g/mol. The molecule has 3 aliphatic heterocycles. The first-order valence-corrected chi connectivity index (χ1v) is 7.44. The van der Waals surface area contributed by atoms with Crippen molar-refractivity contribution in [3.05, 3.63) is 0 Å². The molecule has 104 valence electrons. The lowest BCUT2D eigenvalue weighted by atomic mass is 9.85. The predicted octanol–water partition coefficient (Wildman–Crippen LogP) is 0.248. The second kappa shape index (κ2) is 5.08. The molecule has 3 heterocycles. The highest BCUT2D eigenvalue weighted by atomic mass is 16.5. The Morgan fingerprint density at radius 3 is 2.67 bits per heavy atom. The maximum Gasteiger partial charge on any atom is 0.0594 e. The van der Waals surface area contributed by atoms with Gasteiger partial charge in [-0.1, -0.05) is 0 Å². The lowest BCUT2D eigenvalue weighted by molar-refractivity contribution is 0.0278. The summed E-state index contributed by atoms with van der Waals surface area (Å²) in [5.41, 5.74) is 0.375. The van der Waals surface area contributed by atoms with E-state index >= 15 is 0 Å². The first kappa shape index (κ1) is 12.9. The summed E-state index contributed by atoms with van der Waals surface area (Å²) in [6, 6.07) is 0. The highest BCUT2D eigenvalue weighted by molar-refractivity contribution is 5.04. The molecule has 2 atom stereocenters. The minimum atomic E-state index is 0.375. The summed E-state index contributed by atoms with van der Waals surface area (Å²) in [5, 5.41) is 3.55. The molecule has 0 aromatic rings. The maximum atomic E-state index is 5.41. The number of rotatable bonds is 3. The second-order valence-electron chi connectivity index (χ2n) is 6.58. The summed E-state index contributed by atoms with van der Waals surface area (Å²) >= 11 is 0. The monoisotopic (exact) mass is 253 g/mol. The van der Waals surface area contributed by atoms with Crippen molar-refractivity contribution in [1.29, 1.82) is 0 Å². The fourth-order valence-electron chi connectivity index (χ4n) is 3.97. The Bertz CT molecular complexity index is 289. The van der Waals surface area contributed by atoms with Gasteiger partial charge < -0.3 is 10.1 Å². The Morgan fingerprint density at radius 2 is 1.94 bits per heavy atom. The van der Waals surface area contributed by atoms with Crippen LogP contribution in [-0.4, -0.2) is 74.4 Å². The van der Waals surface area contributed by atoms with E-state index in [-0.39, 0.29) is 0 Å². The van der Waals surface area contributed by atoms with Crippen LogP contribution >= 0.6 is 0 Å². The van der Waals surface area contributed by atoms with Gasteiger partial charge in [-0.2, -0.15) is 0 Å². The zero-order chi connectivity index (χ0) is 12.6. The summed E-state index contributed by atoms with van der Waals surface area (Å²) in [7, 11) is 0. The number of nitrogens with one attached hydrogen (secondary N) is 1. The molecule has 0 aromatic heterocycles. The van der Waals surface area contributed by atoms with Gasteiger partial charge in [0.2, 0.25) is 0 Å². The number of fused-ring (bicyclic) bond motifs is 1. The number of likely N-dealkylation sites (tertiary alicyclic amines) is 1. The number of hydrogen-bond acceptors (Lipinski definition) is 4. The zero-order valence-corrected chi connectivity index (χ0v) is 11.8. The highest BCUT2D eigenvalue weighted by Gasteiger charge is 2.49. The molecule has 0 saturated carbocycles. The van der Waals surface area contributed by atoms with Crippen LogP contribution in [0.3, 0.4) is 0 Å². The van der Waals surface area contributed by atoms with E-state index in [0.29, 0.717) is 5.54 Å². The molecule has 0 bridgehead atoms. The summed E-state index contributed by atoms with van der Waals surface area (Å²) in [6.45, 7) is 15.1. The molecule has 0 radical (unpaired) electrons. The second-order valence-corrected chi connectivity index (χ2v) is 6.58. The van der Waals surface area contributed by atoms with Crippen molar-refractivity contribution in [3.8, 4) is 0 Å². The van der Waals surface area contributed by atoms with Crippen LogP contribution in [0.5, 0.6) is 0 Å². The van der Waals surface area contributed by atoms with Crippen molar-refractivity contribution in [2.24, 2.45) is 11.8 Å². The molecule has 4 heteroatoms. The van der Waals surface area contributed by atoms with E-state index in [4.69, 9.17) is 4.74 Å². The van der Waals surface area contributed by atoms with E-state index < -0.39 is 0 Å². The van der Waals surface area contributed by atoms with Crippen molar-refractivity contribution in [1.82, 2.24) is 15.1 Å². The molecular formula is C14H27N3O. The van der Waals surface area contributed by atoms with Gasteiger partial charge >= 0.3 is 0 Å². The van der Waals surface area contributed by atoms with E-state index in [1.807, 2.05) is 0 Å². The molecule has 4 nitrogen and oxygen atoms in total. The van der Waals surface area contributed by atoms with E-state index in [9.17, 15) is 0 Å². The van der Waals surface area contributed by atoms with E-state index in [0.717, 1.165) is 38.1 Å². The number of ether oxygens (including phenoxy) is 1. The molecule has 0 amide bonds. The lowest BCUT2D eigenvalue weighted by Gasteiger charge is -2.37. The Hall–Kier alpha value is -0.160. The van der Waals surface area contributed by atoms with Crippen LogP contribution in [0.25, 0.3) is 0 Å². The molecule has 0 aromatic carbocycles. The molecule has 3 aliphatic rings. The molecule has 18 heavy (non-hydrogen) atoms. The van der Waals surface area contributed by atoms with Crippen molar-refractivity contribution < 1.29 is 4.74 Å². The van der Waals surface area contributed by atoms with Gasteiger partial charge in [0.15, 0.2) is 0 Å². The van der Waals surface area contributed by atoms with Crippen molar-refractivity contribution in [2.45, 2.75) is 19.4 Å². The van der Waals surface area contributed by atoms with Crippen LogP contribution in [-0.2, 0) is 4.74 Å². The zero-order valence-electron chi connectivity index (χ0n) is 11.8. The predicted molar refractivity (Wildman–Crippen MR) is 72.8 cm³/mol. The van der Waals surface area contributed by atoms with Crippen LogP contribution < -0.4 is 5.32 Å². The Labute approximate surface area is 111 Å². The smallest absolute Gasteiger partial charge is 0.0594 e. The molecule has 2 unspecified atom stereocenters. The molecule has 1 N–H and O–H groups in total. The summed E-state index contributed by atoms with van der Waals surface area (Å²) in [5.74, 6) is 1.73. The normalized spacial score (nSPS) is 37.0. The summed E-state index contributed by atoms with van der Waals surface area (Å²) in [4.78, 5) is 5.27. The van der Waals surface area contributed by atoms with E-state index in [2.05, 4.69) is 29.0 Å². The minimum Gasteiger partial charge on any atom is -0.379 e. The third kappa shape index (κ3) is 2.31. The van der Waals surface area contributed by atoms with Gasteiger partial charge in [-0.15, -0.1) is 0 Å². The quantitative estimate of drug-likeness (QED) is 0.780. The van der Waals surface area contributed by atoms with Crippen LogP contribution in [0, 0.1) is 11.8 Å². The number of morpholine rings is 1. The molecule has 3 fully saturated rings. The van der Waals surface area contributed by atoms with Gasteiger partial charge in [0, 0.05) is 44.8 Å². The fraction of sp³-hybridized carbons (Fsp3) is 1.00. The molecule has 0 aliphatic carbocycles. The van der Waals surface area contributed by atoms with Crippen molar-refractivity contribution in [3.63, 3.8) is 0 Å². The average molecular weight is 253 g/mol. The Kier molecular flexibility index (Phi) is 3.63. The minimum absolute atomic E-state index is 0.375. The van der Waals surface area contributed by atoms with Gasteiger partial charge in [0.05, 0.1) is 13.2 Å². The van der Waals surface area contributed by atoms with Gasteiger partial charge in [0.1, 0.15) is 0 Å². The average Bonchev–Trinajstić information content (AvgIpc) is 2.91. The third-order valence-electron chi connectivity index (χ3n) is 5.31. The Morgan fingerprint density at radius 1 is 1.17 bits per heavy atom. The van der Waals surface area contributed by atoms with Crippen LogP contribution in [0.15, 0.2) is 0 Å². The third-order valence-corrected chi connectivity index (χ3v) is 5.31. The largest absolute Gasteiger partial charge is 0.379 e. The summed E-state index contributed by atoms with van der Waals surface area (Å²) < 4.78 is 5.41. The maximum absolute atomic E-state index is 5.41. The fourth-order valence-corrected chi connectivity index (χ4v) is 3.97. The van der Waals surface area contributed by atoms with Crippen LogP contribution in [0.4, 0.5) is 0 Å².